The van der Waals surface area contributed by atoms with Crippen molar-refractivity contribution in [1.29, 1.82) is 0 Å². The van der Waals surface area contributed by atoms with Crippen LogP contribution in [0.3, 0.4) is 0 Å². The fraction of sp³-hybridized carbons (Fsp3) is 0.857. The third kappa shape index (κ3) is 3.93. The standard InChI is InChI=1S/C7H15FNO2/c1-6(9(2,3)4)11-7(10)5-8/h6H,5H2,1-4H3/q+1. The summed E-state index contributed by atoms with van der Waals surface area (Å²) in [7, 11) is 5.61. The molecule has 0 aliphatic heterocycles. The van der Waals surface area contributed by atoms with Gasteiger partial charge in [0.1, 0.15) is 0 Å². The zero-order valence-corrected chi connectivity index (χ0v) is 7.43. The Bertz CT molecular complexity index is 142. The second kappa shape index (κ2) is 3.67. The summed E-state index contributed by atoms with van der Waals surface area (Å²) in [6, 6.07) is 0. The number of hydrogen-bond acceptors (Lipinski definition) is 2. The van der Waals surface area contributed by atoms with Gasteiger partial charge in [0.25, 0.3) is 0 Å². The number of rotatable bonds is 3. The van der Waals surface area contributed by atoms with Gasteiger partial charge >= 0.3 is 5.97 Å². The van der Waals surface area contributed by atoms with Gasteiger partial charge in [0, 0.05) is 6.92 Å². The molecule has 0 aromatic heterocycles. The van der Waals surface area contributed by atoms with Gasteiger partial charge in [0.15, 0.2) is 6.67 Å². The molecule has 0 rings (SSSR count). The number of ether oxygens (including phenoxy) is 1. The van der Waals surface area contributed by atoms with Crippen LogP contribution in [0.4, 0.5) is 4.39 Å². The summed E-state index contributed by atoms with van der Waals surface area (Å²) < 4.78 is 16.9. The van der Waals surface area contributed by atoms with Gasteiger partial charge in [-0.1, -0.05) is 0 Å². The lowest BCUT2D eigenvalue weighted by atomic mass is 10.5. The number of quaternary nitrogens is 1. The average Bonchev–Trinajstić information content (AvgIpc) is 1.85. The molecule has 0 fully saturated rings. The van der Waals surface area contributed by atoms with Crippen molar-refractivity contribution in [3.63, 3.8) is 0 Å². The van der Waals surface area contributed by atoms with E-state index < -0.39 is 12.6 Å². The maximum atomic E-state index is 11.7. The highest BCUT2D eigenvalue weighted by molar-refractivity contribution is 5.70. The molecule has 0 aromatic rings. The minimum Gasteiger partial charge on any atom is -0.411 e. The second-order valence-corrected chi connectivity index (χ2v) is 3.34. The molecular formula is C7H15FNO2+. The molecule has 0 N–H and O–H groups in total. The Morgan fingerprint density at radius 2 is 2.00 bits per heavy atom. The third-order valence-electron chi connectivity index (χ3n) is 1.50. The smallest absolute Gasteiger partial charge is 0.342 e. The highest BCUT2D eigenvalue weighted by atomic mass is 19.1. The number of esters is 1. The number of alkyl halides is 1. The molecule has 0 saturated carbocycles. The average molecular weight is 164 g/mol. The molecule has 11 heavy (non-hydrogen) atoms. The molecule has 4 heteroatoms. The predicted molar refractivity (Wildman–Crippen MR) is 39.6 cm³/mol. The van der Waals surface area contributed by atoms with Crippen LogP contribution in [-0.2, 0) is 9.53 Å². The lowest BCUT2D eigenvalue weighted by Gasteiger charge is -2.30. The van der Waals surface area contributed by atoms with Crippen LogP contribution >= 0.6 is 0 Å². The van der Waals surface area contributed by atoms with Crippen molar-refractivity contribution >= 4 is 5.97 Å². The summed E-state index contributed by atoms with van der Waals surface area (Å²) in [5.74, 6) is -0.800. The number of carbonyl (C=O) groups excluding carboxylic acids is 1. The molecule has 0 bridgehead atoms. The summed E-state index contributed by atoms with van der Waals surface area (Å²) in [5.41, 5.74) is 0. The van der Waals surface area contributed by atoms with Crippen molar-refractivity contribution in [1.82, 2.24) is 0 Å². The molecule has 1 atom stereocenters. The Morgan fingerprint density at radius 3 is 2.27 bits per heavy atom. The molecular weight excluding hydrogens is 149 g/mol. The molecule has 0 heterocycles. The SMILES string of the molecule is CC(OC(=O)CF)[N+](C)(C)C. The van der Waals surface area contributed by atoms with Gasteiger partial charge in [0.05, 0.1) is 21.1 Å². The van der Waals surface area contributed by atoms with E-state index in [1.54, 1.807) is 6.92 Å². The molecule has 66 valence electrons. The number of carbonyl (C=O) groups is 1. The van der Waals surface area contributed by atoms with E-state index in [-0.39, 0.29) is 6.23 Å². The van der Waals surface area contributed by atoms with Crippen molar-refractivity contribution in [2.24, 2.45) is 0 Å². The van der Waals surface area contributed by atoms with E-state index in [1.165, 1.54) is 0 Å². The van der Waals surface area contributed by atoms with Crippen molar-refractivity contribution in [3.8, 4) is 0 Å². The van der Waals surface area contributed by atoms with E-state index in [0.29, 0.717) is 4.48 Å². The quantitative estimate of drug-likeness (QED) is 0.346. The topological polar surface area (TPSA) is 26.3 Å². The molecule has 0 amide bonds. The van der Waals surface area contributed by atoms with Crippen molar-refractivity contribution in [2.45, 2.75) is 13.2 Å². The molecule has 3 nitrogen and oxygen atoms in total. The first-order valence-electron chi connectivity index (χ1n) is 3.44. The molecule has 0 aliphatic rings. The summed E-state index contributed by atoms with van der Waals surface area (Å²) in [5, 5.41) is 0. The lowest BCUT2D eigenvalue weighted by molar-refractivity contribution is -0.914. The van der Waals surface area contributed by atoms with Crippen LogP contribution in [0.25, 0.3) is 0 Å². The van der Waals surface area contributed by atoms with Crippen LogP contribution < -0.4 is 0 Å². The number of hydrogen-bond donors (Lipinski definition) is 0. The van der Waals surface area contributed by atoms with Gasteiger partial charge < -0.3 is 4.74 Å². The van der Waals surface area contributed by atoms with Crippen LogP contribution in [0.1, 0.15) is 6.92 Å². The predicted octanol–water partition coefficient (Wildman–Crippen LogP) is 0.551. The highest BCUT2D eigenvalue weighted by Crippen LogP contribution is 2.03. The fourth-order valence-corrected chi connectivity index (χ4v) is 0.380. The van der Waals surface area contributed by atoms with Crippen LogP contribution in [0.15, 0.2) is 0 Å². The first kappa shape index (κ1) is 10.4. The molecule has 0 spiro atoms. The Morgan fingerprint density at radius 1 is 1.55 bits per heavy atom. The second-order valence-electron chi connectivity index (χ2n) is 3.34. The van der Waals surface area contributed by atoms with E-state index in [2.05, 4.69) is 0 Å². The van der Waals surface area contributed by atoms with Crippen molar-refractivity contribution in [2.75, 3.05) is 27.8 Å². The minimum atomic E-state index is -1.05. The minimum absolute atomic E-state index is 0.307. The third-order valence-corrected chi connectivity index (χ3v) is 1.50. The molecule has 0 saturated heterocycles. The van der Waals surface area contributed by atoms with Gasteiger partial charge in [-0.05, 0) is 0 Å². The Hall–Kier alpha value is -0.640. The Balaban J connectivity index is 3.87. The van der Waals surface area contributed by atoms with E-state index >= 15 is 0 Å². The van der Waals surface area contributed by atoms with Crippen LogP contribution in [0.5, 0.6) is 0 Å². The van der Waals surface area contributed by atoms with Gasteiger partial charge in [-0.15, -0.1) is 0 Å². The maximum absolute atomic E-state index is 11.7. The van der Waals surface area contributed by atoms with Crippen LogP contribution in [0, 0.1) is 0 Å². The summed E-state index contributed by atoms with van der Waals surface area (Å²) in [6.45, 7) is 0.678. The zero-order chi connectivity index (χ0) is 9.07. The highest BCUT2D eigenvalue weighted by Gasteiger charge is 2.21. The molecule has 1 unspecified atom stereocenters. The van der Waals surface area contributed by atoms with Crippen LogP contribution in [-0.4, -0.2) is 44.5 Å². The number of halogens is 1. The molecule has 0 aromatic carbocycles. The van der Waals surface area contributed by atoms with Gasteiger partial charge in [-0.3, -0.25) is 4.48 Å². The fourth-order valence-electron chi connectivity index (χ4n) is 0.380. The van der Waals surface area contributed by atoms with E-state index in [1.807, 2.05) is 21.1 Å². The molecule has 0 aliphatic carbocycles. The lowest BCUT2D eigenvalue weighted by Crippen LogP contribution is -2.45. The van der Waals surface area contributed by atoms with Crippen molar-refractivity contribution in [3.05, 3.63) is 0 Å². The first-order chi connectivity index (χ1) is 4.88. The molecule has 0 radical (unpaired) electrons. The van der Waals surface area contributed by atoms with Gasteiger partial charge in [-0.25, -0.2) is 9.18 Å². The van der Waals surface area contributed by atoms with E-state index in [4.69, 9.17) is 4.74 Å². The van der Waals surface area contributed by atoms with E-state index in [9.17, 15) is 9.18 Å². The first-order valence-corrected chi connectivity index (χ1v) is 3.44. The Kier molecular flexibility index (Phi) is 3.45. The zero-order valence-electron chi connectivity index (χ0n) is 7.43. The largest absolute Gasteiger partial charge is 0.411 e. The van der Waals surface area contributed by atoms with Gasteiger partial charge in [-0.2, -0.15) is 0 Å². The maximum Gasteiger partial charge on any atom is 0.342 e. The monoisotopic (exact) mass is 164 g/mol. The number of nitrogens with zero attached hydrogens (tertiary/aromatic N) is 1. The van der Waals surface area contributed by atoms with Crippen LogP contribution in [0.2, 0.25) is 0 Å². The van der Waals surface area contributed by atoms with Crippen molar-refractivity contribution < 1.29 is 18.4 Å². The summed E-state index contributed by atoms with van der Waals surface area (Å²) >= 11 is 0. The summed E-state index contributed by atoms with van der Waals surface area (Å²) in [6.07, 6.45) is -0.307. The van der Waals surface area contributed by atoms with Gasteiger partial charge in [0.2, 0.25) is 6.23 Å². The summed E-state index contributed by atoms with van der Waals surface area (Å²) in [4.78, 5) is 10.5. The normalized spacial score (nSPS) is 14.3. The van der Waals surface area contributed by atoms with E-state index in [0.717, 1.165) is 0 Å². The Labute approximate surface area is 66.3 Å².